The number of aromatic nitrogens is 1. The van der Waals surface area contributed by atoms with E-state index in [2.05, 4.69) is 4.98 Å². The lowest BCUT2D eigenvalue weighted by Crippen LogP contribution is -2.21. The van der Waals surface area contributed by atoms with Crippen molar-refractivity contribution in [2.75, 3.05) is 0 Å². The summed E-state index contributed by atoms with van der Waals surface area (Å²) in [5, 5.41) is 10.0. The number of pyridine rings is 1. The SMILES string of the molecule is O=C(Cc1cccc(OCc2ccc3ccccc3n2)c1Cc1ccccc1)NO. The molecule has 0 radical (unpaired) electrons. The second kappa shape index (κ2) is 9.20. The van der Waals surface area contributed by atoms with E-state index in [1.54, 1.807) is 5.48 Å². The summed E-state index contributed by atoms with van der Waals surface area (Å²) in [5.41, 5.74) is 6.32. The Hall–Kier alpha value is -3.70. The second-order valence-corrected chi connectivity index (χ2v) is 7.05. The number of carbonyl (C=O) groups is 1. The molecule has 0 saturated carbocycles. The van der Waals surface area contributed by atoms with Gasteiger partial charge in [-0.3, -0.25) is 10.0 Å². The minimum atomic E-state index is -0.461. The van der Waals surface area contributed by atoms with Crippen LogP contribution in [0.3, 0.4) is 0 Å². The fourth-order valence-electron chi connectivity index (χ4n) is 3.47. The Morgan fingerprint density at radius 1 is 0.900 bits per heavy atom. The van der Waals surface area contributed by atoms with Gasteiger partial charge in [0, 0.05) is 17.4 Å². The number of hydrogen-bond donors (Lipinski definition) is 2. The first-order chi connectivity index (χ1) is 14.7. The van der Waals surface area contributed by atoms with Crippen molar-refractivity contribution in [1.29, 1.82) is 0 Å². The fourth-order valence-corrected chi connectivity index (χ4v) is 3.47. The Morgan fingerprint density at radius 3 is 2.53 bits per heavy atom. The molecule has 2 N–H and O–H groups in total. The van der Waals surface area contributed by atoms with E-state index in [-0.39, 0.29) is 6.42 Å². The van der Waals surface area contributed by atoms with E-state index in [0.717, 1.165) is 33.3 Å². The lowest BCUT2D eigenvalue weighted by molar-refractivity contribution is -0.128. The van der Waals surface area contributed by atoms with Crippen LogP contribution in [0.15, 0.2) is 84.9 Å². The zero-order valence-electron chi connectivity index (χ0n) is 16.4. The molecule has 5 nitrogen and oxygen atoms in total. The van der Waals surface area contributed by atoms with E-state index in [1.807, 2.05) is 84.9 Å². The molecule has 0 saturated heterocycles. The van der Waals surface area contributed by atoms with E-state index < -0.39 is 5.91 Å². The molecule has 0 aliphatic heterocycles. The third kappa shape index (κ3) is 4.64. The van der Waals surface area contributed by atoms with Gasteiger partial charge in [-0.1, -0.05) is 66.7 Å². The van der Waals surface area contributed by atoms with Gasteiger partial charge in [-0.25, -0.2) is 10.5 Å². The van der Waals surface area contributed by atoms with Crippen molar-refractivity contribution >= 4 is 16.8 Å². The molecular formula is C25H22N2O3. The number of para-hydroxylation sites is 1. The van der Waals surface area contributed by atoms with Crippen LogP contribution in [-0.4, -0.2) is 16.1 Å². The number of rotatable bonds is 7. The molecule has 0 spiro atoms. The average molecular weight is 398 g/mol. The maximum Gasteiger partial charge on any atom is 0.247 e. The van der Waals surface area contributed by atoms with Crippen LogP contribution in [0.25, 0.3) is 10.9 Å². The molecule has 0 fully saturated rings. The van der Waals surface area contributed by atoms with Crippen molar-refractivity contribution < 1.29 is 14.7 Å². The van der Waals surface area contributed by atoms with Gasteiger partial charge in [0.25, 0.3) is 0 Å². The largest absolute Gasteiger partial charge is 0.487 e. The van der Waals surface area contributed by atoms with Crippen molar-refractivity contribution in [3.8, 4) is 5.75 Å². The molecule has 30 heavy (non-hydrogen) atoms. The van der Waals surface area contributed by atoms with Crippen LogP contribution < -0.4 is 10.2 Å². The van der Waals surface area contributed by atoms with Gasteiger partial charge in [-0.05, 0) is 29.3 Å². The number of hydroxylamine groups is 1. The molecule has 0 aliphatic rings. The number of hydrogen-bond acceptors (Lipinski definition) is 4. The average Bonchev–Trinajstić information content (AvgIpc) is 2.79. The zero-order valence-corrected chi connectivity index (χ0v) is 16.4. The molecule has 0 aliphatic carbocycles. The molecule has 5 heteroatoms. The lowest BCUT2D eigenvalue weighted by Gasteiger charge is -2.16. The normalized spacial score (nSPS) is 10.7. The summed E-state index contributed by atoms with van der Waals surface area (Å²) in [7, 11) is 0. The minimum absolute atomic E-state index is 0.0735. The molecule has 4 rings (SSSR count). The number of fused-ring (bicyclic) bond motifs is 1. The molecule has 4 aromatic rings. The van der Waals surface area contributed by atoms with Gasteiger partial charge in [-0.15, -0.1) is 0 Å². The quantitative estimate of drug-likeness (QED) is 0.356. The van der Waals surface area contributed by atoms with E-state index in [1.165, 1.54) is 0 Å². The van der Waals surface area contributed by atoms with Crippen LogP contribution in [-0.2, 0) is 24.2 Å². The Morgan fingerprint density at radius 2 is 1.70 bits per heavy atom. The topological polar surface area (TPSA) is 71.5 Å². The van der Waals surface area contributed by atoms with Crippen molar-refractivity contribution in [2.45, 2.75) is 19.4 Å². The molecule has 0 atom stereocenters. The third-order valence-electron chi connectivity index (χ3n) is 4.96. The van der Waals surface area contributed by atoms with E-state index in [4.69, 9.17) is 9.94 Å². The molecular weight excluding hydrogens is 376 g/mol. The Kier molecular flexibility index (Phi) is 6.01. The first kappa shape index (κ1) is 19.6. The van der Waals surface area contributed by atoms with Crippen molar-refractivity contribution in [3.63, 3.8) is 0 Å². The molecule has 150 valence electrons. The van der Waals surface area contributed by atoms with Crippen molar-refractivity contribution in [2.24, 2.45) is 0 Å². The highest BCUT2D eigenvalue weighted by molar-refractivity contribution is 5.78. The van der Waals surface area contributed by atoms with E-state index >= 15 is 0 Å². The van der Waals surface area contributed by atoms with Crippen LogP contribution in [0.2, 0.25) is 0 Å². The number of carbonyl (C=O) groups excluding carboxylic acids is 1. The van der Waals surface area contributed by atoms with Gasteiger partial charge in [0.2, 0.25) is 5.91 Å². The highest BCUT2D eigenvalue weighted by Gasteiger charge is 2.14. The van der Waals surface area contributed by atoms with Crippen molar-refractivity contribution in [1.82, 2.24) is 10.5 Å². The summed E-state index contributed by atoms with van der Waals surface area (Å²) in [6.45, 7) is 0.322. The van der Waals surface area contributed by atoms with Gasteiger partial charge in [0.1, 0.15) is 12.4 Å². The number of nitrogens with zero attached hydrogens (tertiary/aromatic N) is 1. The maximum atomic E-state index is 11.8. The van der Waals surface area contributed by atoms with Gasteiger partial charge < -0.3 is 4.74 Å². The highest BCUT2D eigenvalue weighted by Crippen LogP contribution is 2.27. The van der Waals surface area contributed by atoms with Gasteiger partial charge in [0.15, 0.2) is 0 Å². The van der Waals surface area contributed by atoms with Gasteiger partial charge >= 0.3 is 0 Å². The Labute approximate surface area is 174 Å². The molecule has 1 aromatic heterocycles. The fraction of sp³-hybridized carbons (Fsp3) is 0.120. The predicted octanol–water partition coefficient (Wildman–Crippen LogP) is 4.45. The summed E-state index contributed by atoms with van der Waals surface area (Å²) in [6, 6.07) is 27.6. The predicted molar refractivity (Wildman–Crippen MR) is 115 cm³/mol. The summed E-state index contributed by atoms with van der Waals surface area (Å²) >= 11 is 0. The third-order valence-corrected chi connectivity index (χ3v) is 4.96. The van der Waals surface area contributed by atoms with Crippen LogP contribution >= 0.6 is 0 Å². The zero-order chi connectivity index (χ0) is 20.8. The standard InChI is InChI=1S/C25H22N2O3/c28-25(27-29)16-20-10-6-12-24(22(20)15-18-7-2-1-3-8-18)30-17-21-14-13-19-9-4-5-11-23(19)26-21/h1-14,29H,15-17H2,(H,27,28). The Balaban J connectivity index is 1.61. The smallest absolute Gasteiger partial charge is 0.247 e. The summed E-state index contributed by atoms with van der Waals surface area (Å²) in [5.74, 6) is 0.245. The van der Waals surface area contributed by atoms with E-state index in [0.29, 0.717) is 18.8 Å². The van der Waals surface area contributed by atoms with Crippen LogP contribution in [0, 0.1) is 0 Å². The van der Waals surface area contributed by atoms with Gasteiger partial charge in [-0.2, -0.15) is 0 Å². The number of amides is 1. The van der Waals surface area contributed by atoms with Gasteiger partial charge in [0.05, 0.1) is 17.6 Å². The summed E-state index contributed by atoms with van der Waals surface area (Å²) < 4.78 is 6.14. The first-order valence-electron chi connectivity index (χ1n) is 9.78. The minimum Gasteiger partial charge on any atom is -0.487 e. The monoisotopic (exact) mass is 398 g/mol. The lowest BCUT2D eigenvalue weighted by atomic mass is 9.96. The highest BCUT2D eigenvalue weighted by atomic mass is 16.5. The molecule has 0 bridgehead atoms. The summed E-state index contributed by atoms with van der Waals surface area (Å²) in [6.07, 6.45) is 0.695. The molecule has 1 heterocycles. The molecule has 1 amide bonds. The number of ether oxygens (including phenoxy) is 1. The number of benzene rings is 3. The van der Waals surface area contributed by atoms with Crippen LogP contribution in [0.5, 0.6) is 5.75 Å². The van der Waals surface area contributed by atoms with Crippen LogP contribution in [0.1, 0.15) is 22.4 Å². The van der Waals surface area contributed by atoms with E-state index in [9.17, 15) is 4.79 Å². The van der Waals surface area contributed by atoms with Crippen LogP contribution in [0.4, 0.5) is 0 Å². The molecule has 0 unspecified atom stereocenters. The summed E-state index contributed by atoms with van der Waals surface area (Å²) in [4.78, 5) is 16.5. The van der Waals surface area contributed by atoms with Crippen molar-refractivity contribution in [3.05, 3.63) is 107 Å². The maximum absolute atomic E-state index is 11.8. The number of nitrogens with one attached hydrogen (secondary N) is 1. The second-order valence-electron chi connectivity index (χ2n) is 7.05. The molecule has 3 aromatic carbocycles. The Bertz CT molecular complexity index is 1160. The first-order valence-corrected chi connectivity index (χ1v) is 9.78.